The Bertz CT molecular complexity index is 1230. The van der Waals surface area contributed by atoms with Crippen molar-refractivity contribution in [2.75, 3.05) is 28.4 Å². The molecule has 0 saturated heterocycles. The van der Waals surface area contributed by atoms with Crippen molar-refractivity contribution in [2.45, 2.75) is 66.8 Å². The normalized spacial score (nSPS) is 12.9. The van der Waals surface area contributed by atoms with E-state index >= 15 is 0 Å². The van der Waals surface area contributed by atoms with Crippen LogP contribution in [0.1, 0.15) is 70.0 Å². The predicted octanol–water partition coefficient (Wildman–Crippen LogP) is 5.27. The summed E-state index contributed by atoms with van der Waals surface area (Å²) in [4.78, 5) is 26.0. The van der Waals surface area contributed by atoms with E-state index in [1.165, 1.54) is 23.2 Å². The van der Waals surface area contributed by atoms with Crippen LogP contribution in [0.3, 0.4) is 0 Å². The highest BCUT2D eigenvalue weighted by Gasteiger charge is 2.23. The Morgan fingerprint density at radius 2 is 1.69 bits per heavy atom. The molecular weight excluding hydrogens is 512 g/mol. The zero-order valence-corrected chi connectivity index (χ0v) is 25.6. The Kier molecular flexibility index (Phi) is 10.3. The summed E-state index contributed by atoms with van der Waals surface area (Å²) in [5.74, 6) is 6.05. The molecule has 2 aromatic carbocycles. The third-order valence-electron chi connectivity index (χ3n) is 6.56. The van der Waals surface area contributed by atoms with E-state index in [4.69, 9.17) is 16.3 Å². The first kappa shape index (κ1) is 31.8. The van der Waals surface area contributed by atoms with E-state index in [9.17, 15) is 9.59 Å². The van der Waals surface area contributed by atoms with Crippen molar-refractivity contribution < 1.29 is 14.3 Å². The molecule has 2 rings (SSSR count). The molecule has 0 fully saturated rings. The Hall–Kier alpha value is -3.37. The quantitative estimate of drug-likeness (QED) is 0.122. The minimum Gasteiger partial charge on any atom is -0.492 e. The van der Waals surface area contributed by atoms with E-state index in [0.717, 1.165) is 16.8 Å². The molecule has 9 nitrogen and oxygen atoms in total. The minimum absolute atomic E-state index is 0.0413. The molecule has 214 valence electrons. The number of nitrogens with two attached hydrogens (primary N) is 2. The minimum atomic E-state index is -0.417. The number of nitrogens with one attached hydrogen (secondary N) is 3. The lowest BCUT2D eigenvalue weighted by Gasteiger charge is -2.28. The number of rotatable bonds is 9. The van der Waals surface area contributed by atoms with Crippen LogP contribution in [0.2, 0.25) is 0 Å². The van der Waals surface area contributed by atoms with E-state index in [1.807, 2.05) is 53.0 Å². The van der Waals surface area contributed by atoms with Crippen LogP contribution in [0.25, 0.3) is 0 Å². The number of anilines is 3. The van der Waals surface area contributed by atoms with E-state index in [2.05, 4.69) is 36.1 Å². The van der Waals surface area contributed by atoms with Crippen LogP contribution in [-0.2, 0) is 10.2 Å². The van der Waals surface area contributed by atoms with Gasteiger partial charge in [-0.3, -0.25) is 14.6 Å². The SMILES string of the molecule is COc1c(NSC)cc(C(C)(C)C)cc1NC(=O)c1ccc(C)c(N(N)/C=C(\N)C(=O)N[C@@H](C)C(C)(C)C)c1. The Morgan fingerprint density at radius 1 is 1.08 bits per heavy atom. The van der Waals surface area contributed by atoms with Gasteiger partial charge < -0.3 is 25.8 Å². The third kappa shape index (κ3) is 8.31. The summed E-state index contributed by atoms with van der Waals surface area (Å²) >= 11 is 1.44. The zero-order chi connectivity index (χ0) is 29.7. The second-order valence-corrected chi connectivity index (χ2v) is 12.3. The molecule has 0 bridgehead atoms. The first-order valence-electron chi connectivity index (χ1n) is 12.7. The number of hydrogen-bond donors (Lipinski definition) is 5. The Balaban J connectivity index is 2.38. The van der Waals surface area contributed by atoms with Gasteiger partial charge in [0.1, 0.15) is 5.70 Å². The lowest BCUT2D eigenvalue weighted by Crippen LogP contribution is -2.43. The topological polar surface area (TPSA) is 135 Å². The Labute approximate surface area is 237 Å². The molecule has 0 aromatic heterocycles. The standard InChI is InChI=1S/C29H44N6O3S/c1-17-11-12-19(13-24(17)35(31)16-21(30)27(37)32-18(2)28(3,4)5)26(36)33-22-14-20(29(6,7)8)15-23(34-39-10)25(22)38-9/h11-16,18,34H,30-31H2,1-10H3,(H,32,37)(H,33,36)/b21-16-/t18-/m0/s1. The van der Waals surface area contributed by atoms with Gasteiger partial charge in [0.25, 0.3) is 11.8 Å². The molecule has 0 spiro atoms. The van der Waals surface area contributed by atoms with Crippen molar-refractivity contribution in [1.29, 1.82) is 0 Å². The first-order valence-corrected chi connectivity index (χ1v) is 14.0. The first-order chi connectivity index (χ1) is 18.0. The molecule has 0 heterocycles. The van der Waals surface area contributed by atoms with Gasteiger partial charge in [-0.25, -0.2) is 5.84 Å². The van der Waals surface area contributed by atoms with Crippen LogP contribution >= 0.6 is 11.9 Å². The highest BCUT2D eigenvalue weighted by atomic mass is 32.2. The zero-order valence-electron chi connectivity index (χ0n) is 24.8. The van der Waals surface area contributed by atoms with Gasteiger partial charge in [-0.2, -0.15) is 0 Å². The molecule has 2 amide bonds. The van der Waals surface area contributed by atoms with Crippen molar-refractivity contribution in [3.63, 3.8) is 0 Å². The van der Waals surface area contributed by atoms with Gasteiger partial charge in [0.2, 0.25) is 0 Å². The van der Waals surface area contributed by atoms with E-state index in [-0.39, 0.29) is 28.5 Å². The maximum Gasteiger partial charge on any atom is 0.268 e. The molecule has 0 aliphatic heterocycles. The van der Waals surface area contributed by atoms with Gasteiger partial charge in [-0.1, -0.05) is 59.6 Å². The molecule has 0 aliphatic rings. The number of ether oxygens (including phenoxy) is 1. The molecule has 0 radical (unpaired) electrons. The molecule has 39 heavy (non-hydrogen) atoms. The summed E-state index contributed by atoms with van der Waals surface area (Å²) in [6.45, 7) is 16.2. The van der Waals surface area contributed by atoms with Crippen molar-refractivity contribution in [3.8, 4) is 5.75 Å². The van der Waals surface area contributed by atoms with Gasteiger partial charge in [-0.15, -0.1) is 0 Å². The van der Waals surface area contributed by atoms with Crippen LogP contribution in [0.4, 0.5) is 17.1 Å². The third-order valence-corrected chi connectivity index (χ3v) is 6.98. The van der Waals surface area contributed by atoms with Gasteiger partial charge in [-0.05, 0) is 60.1 Å². The van der Waals surface area contributed by atoms with Crippen LogP contribution in [0.5, 0.6) is 5.75 Å². The number of benzene rings is 2. The maximum atomic E-state index is 13.4. The number of carbonyl (C=O) groups excluding carboxylic acids is 2. The van der Waals surface area contributed by atoms with Crippen molar-refractivity contribution >= 4 is 40.8 Å². The van der Waals surface area contributed by atoms with E-state index in [1.54, 1.807) is 25.3 Å². The Morgan fingerprint density at radius 3 is 2.23 bits per heavy atom. The van der Waals surface area contributed by atoms with Crippen LogP contribution < -0.4 is 36.7 Å². The summed E-state index contributed by atoms with van der Waals surface area (Å²) < 4.78 is 8.89. The average molecular weight is 557 g/mol. The second-order valence-electron chi connectivity index (χ2n) is 11.7. The summed E-state index contributed by atoms with van der Waals surface area (Å²) in [7, 11) is 1.57. The second kappa shape index (κ2) is 12.7. The predicted molar refractivity (Wildman–Crippen MR) is 164 cm³/mol. The summed E-state index contributed by atoms with van der Waals surface area (Å²) in [6, 6.07) is 9.01. The fraction of sp³-hybridized carbons (Fsp3) is 0.448. The summed E-state index contributed by atoms with van der Waals surface area (Å²) in [6.07, 6.45) is 3.27. The lowest BCUT2D eigenvalue weighted by atomic mass is 9.86. The molecule has 7 N–H and O–H groups in total. The van der Waals surface area contributed by atoms with E-state index in [0.29, 0.717) is 22.7 Å². The number of amides is 2. The van der Waals surface area contributed by atoms with Crippen molar-refractivity contribution in [3.05, 3.63) is 58.9 Å². The number of methoxy groups -OCH3 is 1. The number of hydrazine groups is 1. The fourth-order valence-electron chi connectivity index (χ4n) is 3.56. The number of aryl methyl sites for hydroxylation is 1. The van der Waals surface area contributed by atoms with Crippen molar-refractivity contribution in [1.82, 2.24) is 5.32 Å². The molecule has 10 heteroatoms. The van der Waals surface area contributed by atoms with Crippen molar-refractivity contribution in [2.24, 2.45) is 17.0 Å². The van der Waals surface area contributed by atoms with E-state index < -0.39 is 5.91 Å². The molecule has 0 saturated carbocycles. The number of nitrogens with zero attached hydrogens (tertiary/aromatic N) is 1. The van der Waals surface area contributed by atoms with Gasteiger partial charge in [0.05, 0.1) is 24.2 Å². The highest BCUT2D eigenvalue weighted by molar-refractivity contribution is 7.99. The van der Waals surface area contributed by atoms with Crippen LogP contribution in [-0.4, -0.2) is 31.2 Å². The molecule has 2 aromatic rings. The average Bonchev–Trinajstić information content (AvgIpc) is 2.82. The van der Waals surface area contributed by atoms with Gasteiger partial charge in [0, 0.05) is 24.1 Å². The highest BCUT2D eigenvalue weighted by Crippen LogP contribution is 2.39. The fourth-order valence-corrected chi connectivity index (χ4v) is 3.93. The molecule has 0 unspecified atom stereocenters. The smallest absolute Gasteiger partial charge is 0.268 e. The maximum absolute atomic E-state index is 13.4. The largest absolute Gasteiger partial charge is 0.492 e. The number of carbonyl (C=O) groups is 2. The summed E-state index contributed by atoms with van der Waals surface area (Å²) in [5, 5.41) is 7.14. The molecule has 0 aliphatic carbocycles. The number of hydrogen-bond acceptors (Lipinski definition) is 8. The monoisotopic (exact) mass is 556 g/mol. The molecule has 1 atom stereocenters. The van der Waals surface area contributed by atoms with Gasteiger partial charge >= 0.3 is 0 Å². The van der Waals surface area contributed by atoms with Crippen LogP contribution in [0, 0.1) is 12.3 Å². The van der Waals surface area contributed by atoms with Gasteiger partial charge in [0.15, 0.2) is 5.75 Å². The lowest BCUT2D eigenvalue weighted by molar-refractivity contribution is -0.118. The molecular formula is C29H44N6O3S. The van der Waals surface area contributed by atoms with Crippen LogP contribution in [0.15, 0.2) is 42.2 Å². The summed E-state index contributed by atoms with van der Waals surface area (Å²) in [5.41, 5.74) is 9.79.